The topological polar surface area (TPSA) is 29.1 Å². The Bertz CT molecular complexity index is 215. The van der Waals surface area contributed by atoms with E-state index in [2.05, 4.69) is 5.32 Å². The number of alkyl halides is 3. The molecule has 1 aliphatic rings. The molecule has 1 rings (SSSR count). The number of hydrogen-bond acceptors (Lipinski definition) is 1. The highest BCUT2D eigenvalue weighted by Crippen LogP contribution is 2.26. The molecule has 102 valence electrons. The van der Waals surface area contributed by atoms with E-state index in [1.807, 2.05) is 0 Å². The van der Waals surface area contributed by atoms with Crippen molar-refractivity contribution in [2.75, 3.05) is 0 Å². The number of hydrogen-bond donors (Lipinski definition) is 1. The number of amides is 1. The molecule has 1 N–H and O–H groups in total. The lowest BCUT2D eigenvalue weighted by atomic mass is 10.0. The molecule has 0 spiro atoms. The van der Waals surface area contributed by atoms with Crippen LogP contribution in [0.3, 0.4) is 0 Å². The summed E-state index contributed by atoms with van der Waals surface area (Å²) in [4.78, 5) is 11.0. The van der Waals surface area contributed by atoms with Crippen LogP contribution in [-0.2, 0) is 4.79 Å². The van der Waals surface area contributed by atoms with E-state index in [4.69, 9.17) is 34.8 Å². The van der Waals surface area contributed by atoms with Gasteiger partial charge < -0.3 is 5.32 Å². The van der Waals surface area contributed by atoms with E-state index in [0.29, 0.717) is 0 Å². The third kappa shape index (κ3) is 11.2. The first-order valence-corrected chi connectivity index (χ1v) is 7.15. The summed E-state index contributed by atoms with van der Waals surface area (Å²) in [5.74, 6) is -0.602. The number of nitrogens with one attached hydrogen (secondary N) is 1. The zero-order valence-corrected chi connectivity index (χ0v) is 13.1. The van der Waals surface area contributed by atoms with Gasteiger partial charge in [0.1, 0.15) is 0 Å². The fourth-order valence-electron chi connectivity index (χ4n) is 1.47. The van der Waals surface area contributed by atoms with Crippen LogP contribution < -0.4 is 5.32 Å². The molecule has 1 fully saturated rings. The van der Waals surface area contributed by atoms with Gasteiger partial charge in [0.25, 0.3) is 9.70 Å². The lowest BCUT2D eigenvalue weighted by molar-refractivity contribution is -0.121. The lowest BCUT2D eigenvalue weighted by Crippen LogP contribution is -2.46. The van der Waals surface area contributed by atoms with Crippen molar-refractivity contribution in [1.82, 2.24) is 5.32 Å². The van der Waals surface area contributed by atoms with Gasteiger partial charge in [-0.15, -0.1) is 0 Å². The number of halogens is 3. The predicted octanol–water partition coefficient (Wildman–Crippen LogP) is 4.61. The Morgan fingerprint density at radius 3 is 1.29 bits per heavy atom. The minimum atomic E-state index is -1.87. The van der Waals surface area contributed by atoms with E-state index >= 15 is 0 Å². The minimum absolute atomic E-state index is 0.374. The summed E-state index contributed by atoms with van der Waals surface area (Å²) < 4.78 is -1.87. The molecule has 0 aromatic rings. The van der Waals surface area contributed by atoms with Crippen LogP contribution in [0.5, 0.6) is 0 Å². The van der Waals surface area contributed by atoms with Gasteiger partial charge in [0.05, 0.1) is 0 Å². The van der Waals surface area contributed by atoms with Crippen molar-refractivity contribution in [3.63, 3.8) is 0 Å². The van der Waals surface area contributed by atoms with Crippen molar-refractivity contribution < 1.29 is 4.79 Å². The summed E-state index contributed by atoms with van der Waals surface area (Å²) in [5.41, 5.74) is -0.374. The second-order valence-electron chi connectivity index (χ2n) is 5.32. The fraction of sp³-hybridized carbons (Fsp3) is 0.917. The van der Waals surface area contributed by atoms with Gasteiger partial charge >= 0.3 is 0 Å². The molecule has 0 unspecified atom stereocenters. The van der Waals surface area contributed by atoms with Crippen molar-refractivity contribution in [3.05, 3.63) is 0 Å². The van der Waals surface area contributed by atoms with Gasteiger partial charge in [-0.3, -0.25) is 4.79 Å². The van der Waals surface area contributed by atoms with Gasteiger partial charge in [-0.2, -0.15) is 0 Å². The lowest BCUT2D eigenvalue weighted by Gasteiger charge is -2.23. The summed E-state index contributed by atoms with van der Waals surface area (Å²) in [7, 11) is 0. The average Bonchev–Trinajstić information content (AvgIpc) is 2.17. The molecule has 1 aliphatic carbocycles. The number of rotatable bonds is 0. The molecule has 1 amide bonds. The Kier molecular flexibility index (Phi) is 7.86. The van der Waals surface area contributed by atoms with Gasteiger partial charge in [0.2, 0.25) is 0 Å². The molecule has 0 aromatic heterocycles. The zero-order chi connectivity index (χ0) is 13.5. The molecule has 5 heteroatoms. The van der Waals surface area contributed by atoms with Gasteiger partial charge in [0, 0.05) is 5.54 Å². The highest BCUT2D eigenvalue weighted by atomic mass is 35.6. The molecular weight excluding hydrogens is 280 g/mol. The maximum Gasteiger partial charge on any atom is 0.272 e. The van der Waals surface area contributed by atoms with Crippen LogP contribution in [0.25, 0.3) is 0 Å². The Balaban J connectivity index is 0.000000354. The first-order valence-electron chi connectivity index (χ1n) is 6.02. The van der Waals surface area contributed by atoms with Gasteiger partial charge in [-0.25, -0.2) is 0 Å². The fourth-order valence-corrected chi connectivity index (χ4v) is 1.61. The SMILES string of the molecule is C1CCCCC1.CC(C)(C)NC(=O)C(Cl)(Cl)Cl. The molecule has 0 bridgehead atoms. The molecule has 17 heavy (non-hydrogen) atoms. The van der Waals surface area contributed by atoms with Crippen LogP contribution in [0.15, 0.2) is 0 Å². The van der Waals surface area contributed by atoms with E-state index in [-0.39, 0.29) is 5.54 Å². The molecule has 0 heterocycles. The summed E-state index contributed by atoms with van der Waals surface area (Å²) >= 11 is 15.9. The monoisotopic (exact) mass is 301 g/mol. The second kappa shape index (κ2) is 7.70. The quantitative estimate of drug-likeness (QED) is 0.650. The summed E-state index contributed by atoms with van der Waals surface area (Å²) in [5, 5.41) is 2.52. The van der Waals surface area contributed by atoms with Gasteiger partial charge in [-0.1, -0.05) is 73.3 Å². The summed E-state index contributed by atoms with van der Waals surface area (Å²) in [6.45, 7) is 5.42. The van der Waals surface area contributed by atoms with Crippen molar-refractivity contribution >= 4 is 40.7 Å². The first kappa shape index (κ1) is 17.3. The third-order valence-electron chi connectivity index (χ3n) is 2.25. The van der Waals surface area contributed by atoms with Crippen molar-refractivity contribution in [2.24, 2.45) is 0 Å². The number of carbonyl (C=O) groups is 1. The Morgan fingerprint density at radius 1 is 0.882 bits per heavy atom. The van der Waals surface area contributed by atoms with Crippen LogP contribution in [-0.4, -0.2) is 15.2 Å². The Morgan fingerprint density at radius 2 is 1.18 bits per heavy atom. The van der Waals surface area contributed by atoms with Crippen LogP contribution in [0.2, 0.25) is 0 Å². The van der Waals surface area contributed by atoms with Crippen molar-refractivity contribution in [3.8, 4) is 0 Å². The molecule has 0 aliphatic heterocycles. The molecule has 0 atom stereocenters. The highest BCUT2D eigenvalue weighted by Gasteiger charge is 2.32. The molecule has 1 saturated carbocycles. The maximum atomic E-state index is 11.0. The van der Waals surface area contributed by atoms with E-state index in [9.17, 15) is 4.79 Å². The Hall–Kier alpha value is 0.340. The summed E-state index contributed by atoms with van der Waals surface area (Å²) in [6.07, 6.45) is 9.00. The third-order valence-corrected chi connectivity index (χ3v) is 2.76. The smallest absolute Gasteiger partial charge is 0.272 e. The molecular formula is C12H22Cl3NO. The number of carbonyl (C=O) groups excluding carboxylic acids is 1. The molecule has 0 aromatic carbocycles. The van der Waals surface area contributed by atoms with Gasteiger partial charge in [0.15, 0.2) is 0 Å². The predicted molar refractivity (Wildman–Crippen MR) is 75.9 cm³/mol. The van der Waals surface area contributed by atoms with Crippen LogP contribution in [0, 0.1) is 0 Å². The van der Waals surface area contributed by atoms with E-state index in [1.165, 1.54) is 38.5 Å². The van der Waals surface area contributed by atoms with Crippen LogP contribution in [0.1, 0.15) is 59.3 Å². The second-order valence-corrected chi connectivity index (χ2v) is 7.60. The summed E-state index contributed by atoms with van der Waals surface area (Å²) in [6, 6.07) is 0. The standard InChI is InChI=1S/C6H10Cl3NO.C6H12/c1-5(2,3)10-4(11)6(7,8)9;1-2-4-6-5-3-1/h1-3H3,(H,10,11);1-6H2. The van der Waals surface area contributed by atoms with E-state index < -0.39 is 9.70 Å². The van der Waals surface area contributed by atoms with Crippen LogP contribution >= 0.6 is 34.8 Å². The molecule has 2 nitrogen and oxygen atoms in total. The average molecular weight is 303 g/mol. The minimum Gasteiger partial charge on any atom is -0.348 e. The normalized spacial score (nSPS) is 16.8. The molecule has 0 saturated heterocycles. The van der Waals surface area contributed by atoms with Gasteiger partial charge in [-0.05, 0) is 20.8 Å². The van der Waals surface area contributed by atoms with Crippen molar-refractivity contribution in [2.45, 2.75) is 68.6 Å². The maximum absolute atomic E-state index is 11.0. The van der Waals surface area contributed by atoms with E-state index in [1.54, 1.807) is 20.8 Å². The first-order chi connectivity index (χ1) is 7.63. The largest absolute Gasteiger partial charge is 0.348 e. The zero-order valence-electron chi connectivity index (χ0n) is 10.8. The highest BCUT2D eigenvalue weighted by molar-refractivity contribution is 6.76. The van der Waals surface area contributed by atoms with E-state index in [0.717, 1.165) is 0 Å². The van der Waals surface area contributed by atoms with Crippen molar-refractivity contribution in [1.29, 1.82) is 0 Å². The van der Waals surface area contributed by atoms with Crippen LogP contribution in [0.4, 0.5) is 0 Å². The molecule has 0 radical (unpaired) electrons. The Labute approximate surface area is 119 Å².